The first kappa shape index (κ1) is 14.5. The molecule has 2 atom stereocenters. The van der Waals surface area contributed by atoms with Crippen LogP contribution >= 0.6 is 0 Å². The molecule has 1 aromatic heterocycles. The molecule has 0 saturated carbocycles. The number of hydrogen-bond donors (Lipinski definition) is 5. The molecule has 0 radical (unpaired) electrons. The zero-order valence-corrected chi connectivity index (χ0v) is 12.6. The fraction of sp³-hybridized carbons (Fsp3) is 0.125. The van der Waals surface area contributed by atoms with Crippen LogP contribution in [-0.4, -0.2) is 27.6 Å². The van der Waals surface area contributed by atoms with Gasteiger partial charge in [0.05, 0.1) is 11.2 Å². The van der Waals surface area contributed by atoms with Gasteiger partial charge in [-0.1, -0.05) is 30.3 Å². The smallest absolute Gasteiger partial charge is 0.306 e. The second-order valence-corrected chi connectivity index (χ2v) is 5.42. The van der Waals surface area contributed by atoms with Gasteiger partial charge in [-0.15, -0.1) is 0 Å². The van der Waals surface area contributed by atoms with Crippen LogP contribution in [0.15, 0.2) is 53.5 Å². The van der Waals surface area contributed by atoms with Crippen molar-refractivity contribution in [1.29, 1.82) is 0 Å². The molecule has 1 aliphatic rings. The molecule has 2 aromatic carbocycles. The van der Waals surface area contributed by atoms with Gasteiger partial charge in [0, 0.05) is 5.39 Å². The third-order valence-corrected chi connectivity index (χ3v) is 3.79. The van der Waals surface area contributed by atoms with E-state index in [0.29, 0.717) is 11.5 Å². The average Bonchev–Trinajstić information content (AvgIpc) is 3.22. The van der Waals surface area contributed by atoms with Crippen LogP contribution in [0.1, 0.15) is 11.7 Å². The Labute approximate surface area is 137 Å². The summed E-state index contributed by atoms with van der Waals surface area (Å²) in [6.45, 7) is 0. The molecule has 2 heterocycles. The Balaban J connectivity index is 1.53. The van der Waals surface area contributed by atoms with Crippen molar-refractivity contribution in [2.45, 2.75) is 12.3 Å². The summed E-state index contributed by atoms with van der Waals surface area (Å²) in [5.41, 5.74) is 13.8. The molecule has 4 rings (SSSR count). The number of aromatic amines is 1. The van der Waals surface area contributed by atoms with E-state index in [4.69, 9.17) is 10.5 Å². The molecule has 6 N–H and O–H groups in total. The van der Waals surface area contributed by atoms with Gasteiger partial charge in [0.2, 0.25) is 0 Å². The summed E-state index contributed by atoms with van der Waals surface area (Å²) in [5, 5.41) is 17.9. The summed E-state index contributed by atoms with van der Waals surface area (Å²) in [6, 6.07) is 15.0. The fourth-order valence-corrected chi connectivity index (χ4v) is 2.54. The first-order valence-electron chi connectivity index (χ1n) is 7.44. The normalized spacial score (nSPS) is 20.0. The van der Waals surface area contributed by atoms with Gasteiger partial charge < -0.3 is 15.6 Å². The zero-order chi connectivity index (χ0) is 16.5. The van der Waals surface area contributed by atoms with Gasteiger partial charge in [-0.3, -0.25) is 10.5 Å². The Morgan fingerprint density at radius 3 is 2.88 bits per heavy atom. The topological polar surface area (TPSA) is 121 Å². The molecule has 8 nitrogen and oxygen atoms in total. The molecule has 24 heavy (non-hydrogen) atoms. The van der Waals surface area contributed by atoms with E-state index in [1.165, 1.54) is 0 Å². The van der Waals surface area contributed by atoms with Gasteiger partial charge in [0.15, 0.2) is 12.0 Å². The van der Waals surface area contributed by atoms with E-state index in [-0.39, 0.29) is 6.02 Å². The highest BCUT2D eigenvalue weighted by Crippen LogP contribution is 2.25. The van der Waals surface area contributed by atoms with E-state index in [1.54, 1.807) is 0 Å². The molecule has 8 heteroatoms. The number of hydrazine groups is 1. The average molecular weight is 324 g/mol. The quantitative estimate of drug-likeness (QED) is 0.495. The second-order valence-electron chi connectivity index (χ2n) is 5.42. The lowest BCUT2D eigenvalue weighted by molar-refractivity contribution is 0.0270. The van der Waals surface area contributed by atoms with Gasteiger partial charge in [0.1, 0.15) is 6.10 Å². The molecular formula is C16H16N6O2. The Morgan fingerprint density at radius 2 is 2.04 bits per heavy atom. The minimum atomic E-state index is -0.821. The number of aliphatic imine (C=N–C) groups is 1. The zero-order valence-electron chi connectivity index (χ0n) is 12.6. The van der Waals surface area contributed by atoms with Gasteiger partial charge >= 0.3 is 6.02 Å². The fourth-order valence-electron chi connectivity index (χ4n) is 2.54. The number of aromatic nitrogens is 2. The summed E-state index contributed by atoms with van der Waals surface area (Å²) < 4.78 is 5.63. The number of ether oxygens (including phenoxy) is 1. The molecule has 122 valence electrons. The van der Waals surface area contributed by atoms with Crippen molar-refractivity contribution in [1.82, 2.24) is 21.0 Å². The summed E-state index contributed by atoms with van der Waals surface area (Å²) in [7, 11) is 0. The molecule has 1 aliphatic heterocycles. The highest BCUT2D eigenvalue weighted by Gasteiger charge is 2.29. The van der Waals surface area contributed by atoms with Crippen molar-refractivity contribution in [2.75, 3.05) is 5.73 Å². The highest BCUT2D eigenvalue weighted by atomic mass is 16.6. The second kappa shape index (κ2) is 5.84. The Kier molecular flexibility index (Phi) is 3.52. The van der Waals surface area contributed by atoms with E-state index in [2.05, 4.69) is 26.0 Å². The van der Waals surface area contributed by atoms with E-state index < -0.39 is 12.3 Å². The maximum atomic E-state index is 10.3. The molecule has 2 unspecified atom stereocenters. The van der Waals surface area contributed by atoms with Crippen molar-refractivity contribution in [2.24, 2.45) is 4.99 Å². The standard InChI is InChI=1S/C16H16N6O2/c17-14-11-8-10(6-7-12(11)19-20-14)18-16-22-21-15(24-16)13(23)9-4-2-1-3-5-9/h1-8,13,15,21,23H,(H,18,22)(H3,17,19,20). The molecule has 0 amide bonds. The summed E-state index contributed by atoms with van der Waals surface area (Å²) in [6.07, 6.45) is -1.45. The van der Waals surface area contributed by atoms with Crippen LogP contribution < -0.4 is 16.6 Å². The molecular weight excluding hydrogens is 308 g/mol. The van der Waals surface area contributed by atoms with Crippen LogP contribution in [0.5, 0.6) is 0 Å². The third-order valence-electron chi connectivity index (χ3n) is 3.79. The summed E-state index contributed by atoms with van der Waals surface area (Å²) in [4.78, 5) is 4.37. The molecule has 0 spiro atoms. The predicted molar refractivity (Wildman–Crippen MR) is 90.1 cm³/mol. The number of aliphatic hydroxyl groups excluding tert-OH is 1. The largest absolute Gasteiger partial charge is 0.440 e. The van der Waals surface area contributed by atoms with Crippen LogP contribution in [0, 0.1) is 0 Å². The third kappa shape index (κ3) is 2.64. The Morgan fingerprint density at radius 1 is 1.21 bits per heavy atom. The number of fused-ring (bicyclic) bond motifs is 1. The first-order chi connectivity index (χ1) is 11.7. The van der Waals surface area contributed by atoms with E-state index >= 15 is 0 Å². The number of nitrogens with one attached hydrogen (secondary N) is 3. The number of nitrogen functional groups attached to an aromatic ring is 1. The van der Waals surface area contributed by atoms with E-state index in [9.17, 15) is 5.11 Å². The van der Waals surface area contributed by atoms with Crippen LogP contribution in [0.25, 0.3) is 10.9 Å². The molecule has 0 bridgehead atoms. The van der Waals surface area contributed by atoms with Crippen molar-refractivity contribution in [3.8, 4) is 0 Å². The first-order valence-corrected chi connectivity index (χ1v) is 7.44. The van der Waals surface area contributed by atoms with Crippen molar-refractivity contribution in [3.63, 3.8) is 0 Å². The Hall–Kier alpha value is -3.10. The van der Waals surface area contributed by atoms with Gasteiger partial charge in [-0.25, -0.2) is 0 Å². The minimum Gasteiger partial charge on any atom is -0.440 e. The van der Waals surface area contributed by atoms with Crippen LogP contribution in [0.3, 0.4) is 0 Å². The van der Waals surface area contributed by atoms with E-state index in [0.717, 1.165) is 16.5 Å². The number of amidine groups is 1. The number of anilines is 1. The van der Waals surface area contributed by atoms with Gasteiger partial charge in [-0.05, 0) is 23.8 Å². The lowest BCUT2D eigenvalue weighted by atomic mass is 10.1. The van der Waals surface area contributed by atoms with Gasteiger partial charge in [-0.2, -0.15) is 15.5 Å². The SMILES string of the molecule is Nc1n[nH]c2ccc(N=C3NNC(C(O)c4ccccc4)O3)cc12. The van der Waals surface area contributed by atoms with Crippen molar-refractivity contribution < 1.29 is 9.84 Å². The summed E-state index contributed by atoms with van der Waals surface area (Å²) >= 11 is 0. The number of benzene rings is 2. The summed E-state index contributed by atoms with van der Waals surface area (Å²) in [5.74, 6) is 0.419. The van der Waals surface area contributed by atoms with Crippen LogP contribution in [-0.2, 0) is 4.74 Å². The van der Waals surface area contributed by atoms with Crippen LogP contribution in [0.2, 0.25) is 0 Å². The van der Waals surface area contributed by atoms with E-state index in [1.807, 2.05) is 48.5 Å². The van der Waals surface area contributed by atoms with Crippen molar-refractivity contribution in [3.05, 3.63) is 54.1 Å². The molecule has 0 aliphatic carbocycles. The maximum absolute atomic E-state index is 10.3. The lowest BCUT2D eigenvalue weighted by Gasteiger charge is -2.16. The molecule has 1 fully saturated rings. The number of nitrogens with two attached hydrogens (primary N) is 1. The van der Waals surface area contributed by atoms with Crippen LogP contribution in [0.4, 0.5) is 11.5 Å². The maximum Gasteiger partial charge on any atom is 0.306 e. The molecule has 1 saturated heterocycles. The molecule has 3 aromatic rings. The van der Waals surface area contributed by atoms with Crippen molar-refractivity contribution >= 4 is 28.4 Å². The number of nitrogens with zero attached hydrogens (tertiary/aromatic N) is 2. The monoisotopic (exact) mass is 324 g/mol. The predicted octanol–water partition coefficient (Wildman–Crippen LogP) is 1.32. The minimum absolute atomic E-state index is 0.274. The Bertz CT molecular complexity index is 892. The highest BCUT2D eigenvalue weighted by molar-refractivity contribution is 5.91. The number of hydrogen-bond acceptors (Lipinski definition) is 6. The lowest BCUT2D eigenvalue weighted by Crippen LogP contribution is -2.35. The number of H-pyrrole nitrogens is 1. The van der Waals surface area contributed by atoms with Gasteiger partial charge in [0.25, 0.3) is 0 Å². The number of rotatable bonds is 3. The number of aliphatic hydroxyl groups is 1.